The Hall–Kier alpha value is -1.13. The van der Waals surface area contributed by atoms with Gasteiger partial charge in [-0.3, -0.25) is 4.98 Å². The predicted molar refractivity (Wildman–Crippen MR) is 57.4 cm³/mol. The summed E-state index contributed by atoms with van der Waals surface area (Å²) in [6.07, 6.45) is 4.11. The van der Waals surface area contributed by atoms with Crippen molar-refractivity contribution in [2.75, 3.05) is 0 Å². The van der Waals surface area contributed by atoms with Crippen molar-refractivity contribution in [3.63, 3.8) is 0 Å². The highest BCUT2D eigenvalue weighted by atomic mass is 35.7. The van der Waals surface area contributed by atoms with Crippen LogP contribution in [0.5, 0.6) is 0 Å². The van der Waals surface area contributed by atoms with Crippen LogP contribution in [-0.2, 0) is 9.05 Å². The maximum atomic E-state index is 11.1. The van der Waals surface area contributed by atoms with E-state index in [0.717, 1.165) is 0 Å². The minimum Gasteiger partial charge on any atom is -0.264 e. The zero-order valence-corrected chi connectivity index (χ0v) is 8.85. The fourth-order valence-corrected chi connectivity index (χ4v) is 2.11. The zero-order valence-electron chi connectivity index (χ0n) is 7.27. The number of hydrogen-bond acceptors (Lipinski definition) is 3. The molecule has 0 saturated carbocycles. The highest BCUT2D eigenvalue weighted by Crippen LogP contribution is 2.11. The average molecular weight is 230 g/mol. The van der Waals surface area contributed by atoms with E-state index in [1.165, 1.54) is 24.5 Å². The van der Waals surface area contributed by atoms with Crippen molar-refractivity contribution in [2.45, 2.75) is 0 Å². The Morgan fingerprint density at radius 1 is 1.57 bits per heavy atom. The molecule has 0 fully saturated rings. The summed E-state index contributed by atoms with van der Waals surface area (Å²) in [6, 6.07) is 1.53. The van der Waals surface area contributed by atoms with Crippen molar-refractivity contribution in [2.24, 2.45) is 0 Å². The first-order valence-electron chi connectivity index (χ1n) is 3.67. The monoisotopic (exact) mass is 229 g/mol. The minimum atomic E-state index is -3.79. The second-order valence-electron chi connectivity index (χ2n) is 2.54. The molecule has 1 aromatic rings. The van der Waals surface area contributed by atoms with E-state index in [4.69, 9.17) is 10.7 Å². The molecule has 0 saturated heterocycles. The lowest BCUT2D eigenvalue weighted by atomic mass is 10.3. The van der Waals surface area contributed by atoms with Crippen molar-refractivity contribution < 1.29 is 8.42 Å². The molecule has 0 atom stereocenters. The summed E-state index contributed by atoms with van der Waals surface area (Å²) in [5.74, 6) is 0. The van der Waals surface area contributed by atoms with Crippen molar-refractivity contribution in [3.8, 4) is 0 Å². The summed E-state index contributed by atoms with van der Waals surface area (Å²) in [7, 11) is 1.43. The molecular formula is C9H8ClNO2S. The highest BCUT2D eigenvalue weighted by Gasteiger charge is 2.11. The minimum absolute atomic E-state index is 0.0495. The molecule has 0 aromatic carbocycles. The quantitative estimate of drug-likeness (QED) is 0.688. The van der Waals surface area contributed by atoms with Gasteiger partial charge in [-0.2, -0.15) is 0 Å². The van der Waals surface area contributed by atoms with Crippen LogP contribution in [0.25, 0.3) is 11.5 Å². The molecule has 1 rings (SSSR count). The highest BCUT2D eigenvalue weighted by molar-refractivity contribution is 8.21. The summed E-state index contributed by atoms with van der Waals surface area (Å²) >= 11 is 0. The summed E-state index contributed by atoms with van der Waals surface area (Å²) in [4.78, 5) is 3.75. The molecule has 0 N–H and O–H groups in total. The molecule has 5 heteroatoms. The van der Waals surface area contributed by atoms with Gasteiger partial charge in [0.2, 0.25) is 0 Å². The Balaban J connectivity index is 3.83. The van der Waals surface area contributed by atoms with Crippen LogP contribution in [0, 0.1) is 0 Å². The third-order valence-electron chi connectivity index (χ3n) is 1.62. The summed E-state index contributed by atoms with van der Waals surface area (Å²) in [5.41, 5.74) is 0. The lowest BCUT2D eigenvalue weighted by molar-refractivity contribution is 0.618. The van der Waals surface area contributed by atoms with E-state index in [1.54, 1.807) is 0 Å². The van der Waals surface area contributed by atoms with E-state index >= 15 is 0 Å². The largest absolute Gasteiger partial charge is 0.264 e. The summed E-state index contributed by atoms with van der Waals surface area (Å²) in [5, 5.41) is 0.914. The first-order chi connectivity index (χ1) is 6.46. The molecule has 0 radical (unpaired) electrons. The van der Waals surface area contributed by atoms with Crippen molar-refractivity contribution in [1.29, 1.82) is 0 Å². The molecule has 1 heterocycles. The molecule has 14 heavy (non-hydrogen) atoms. The average Bonchev–Trinajstić information content (AvgIpc) is 2.07. The molecule has 0 aliphatic carbocycles. The Bertz CT molecular complexity index is 563. The van der Waals surface area contributed by atoms with Gasteiger partial charge in [0.15, 0.2) is 0 Å². The Morgan fingerprint density at radius 2 is 2.21 bits per heavy atom. The lowest BCUT2D eigenvalue weighted by Gasteiger charge is -1.96. The van der Waals surface area contributed by atoms with E-state index in [9.17, 15) is 8.42 Å². The zero-order chi connectivity index (χ0) is 10.8. The fraction of sp³-hybridized carbons (Fsp3) is 0. The van der Waals surface area contributed by atoms with Gasteiger partial charge in [0.25, 0.3) is 9.05 Å². The van der Waals surface area contributed by atoms with Gasteiger partial charge in [-0.25, -0.2) is 8.42 Å². The predicted octanol–water partition coefficient (Wildman–Crippen LogP) is 0.355. The van der Waals surface area contributed by atoms with E-state index in [1.807, 2.05) is 0 Å². The van der Waals surface area contributed by atoms with Crippen LogP contribution in [0.1, 0.15) is 0 Å². The SMILES string of the molecule is C=C/C(=c1/ccncc1=C)S(=O)(=O)Cl. The maximum absolute atomic E-state index is 11.1. The number of halogens is 1. The van der Waals surface area contributed by atoms with Gasteiger partial charge in [0.05, 0.1) is 4.91 Å². The van der Waals surface area contributed by atoms with Gasteiger partial charge in [-0.15, -0.1) is 0 Å². The van der Waals surface area contributed by atoms with Gasteiger partial charge >= 0.3 is 0 Å². The first kappa shape index (κ1) is 10.9. The lowest BCUT2D eigenvalue weighted by Crippen LogP contribution is -2.26. The van der Waals surface area contributed by atoms with E-state index in [2.05, 4.69) is 18.1 Å². The van der Waals surface area contributed by atoms with Crippen LogP contribution < -0.4 is 10.4 Å². The molecule has 74 valence electrons. The second-order valence-corrected chi connectivity index (χ2v) is 5.07. The van der Waals surface area contributed by atoms with E-state index in [0.29, 0.717) is 10.4 Å². The maximum Gasteiger partial charge on any atom is 0.261 e. The van der Waals surface area contributed by atoms with Crippen LogP contribution in [0.15, 0.2) is 31.1 Å². The van der Waals surface area contributed by atoms with Gasteiger partial charge in [0.1, 0.15) is 0 Å². The van der Waals surface area contributed by atoms with Crippen molar-refractivity contribution >= 4 is 31.2 Å². The van der Waals surface area contributed by atoms with Crippen LogP contribution in [0.4, 0.5) is 0 Å². The number of aromatic nitrogens is 1. The first-order valence-corrected chi connectivity index (χ1v) is 5.98. The number of pyridine rings is 1. The van der Waals surface area contributed by atoms with E-state index in [-0.39, 0.29) is 4.91 Å². The van der Waals surface area contributed by atoms with Crippen molar-refractivity contribution in [1.82, 2.24) is 4.98 Å². The van der Waals surface area contributed by atoms with Gasteiger partial charge in [0, 0.05) is 28.3 Å². The Kier molecular flexibility index (Phi) is 3.08. The molecule has 0 aliphatic heterocycles. The molecule has 0 spiro atoms. The van der Waals surface area contributed by atoms with E-state index < -0.39 is 9.05 Å². The molecule has 3 nitrogen and oxygen atoms in total. The van der Waals surface area contributed by atoms with Gasteiger partial charge in [-0.1, -0.05) is 13.2 Å². The van der Waals surface area contributed by atoms with Crippen LogP contribution in [0.2, 0.25) is 0 Å². The normalized spacial score (nSPS) is 13.5. The van der Waals surface area contributed by atoms with Crippen molar-refractivity contribution in [3.05, 3.63) is 41.6 Å². The molecule has 0 bridgehead atoms. The van der Waals surface area contributed by atoms with Crippen LogP contribution in [0.3, 0.4) is 0 Å². The Morgan fingerprint density at radius 3 is 2.64 bits per heavy atom. The fourth-order valence-electron chi connectivity index (χ4n) is 1.01. The molecule has 0 unspecified atom stereocenters. The van der Waals surface area contributed by atoms with Gasteiger partial charge in [-0.05, 0) is 17.4 Å². The summed E-state index contributed by atoms with van der Waals surface area (Å²) in [6.45, 7) is 7.04. The summed E-state index contributed by atoms with van der Waals surface area (Å²) < 4.78 is 22.2. The standard InChI is InChI=1S/C9H8ClNO2S/c1-3-9(14(10,12)13)8-4-5-11-6-7(8)2/h3-6H,1-2H2/b9-8+. The molecule has 1 aromatic heterocycles. The van der Waals surface area contributed by atoms with Crippen LogP contribution in [-0.4, -0.2) is 13.4 Å². The third-order valence-corrected chi connectivity index (χ3v) is 3.03. The molecule has 0 amide bonds. The smallest absolute Gasteiger partial charge is 0.261 e. The molecular weight excluding hydrogens is 222 g/mol. The van der Waals surface area contributed by atoms with Crippen LogP contribution >= 0.6 is 10.7 Å². The topological polar surface area (TPSA) is 47.0 Å². The third kappa shape index (κ3) is 2.21. The number of nitrogens with zero attached hydrogens (tertiary/aromatic N) is 1. The Labute approximate surface area is 86.5 Å². The second kappa shape index (κ2) is 3.94. The number of hydrogen-bond donors (Lipinski definition) is 0. The van der Waals surface area contributed by atoms with Gasteiger partial charge < -0.3 is 0 Å². The number of rotatable bonds is 2. The molecule has 0 aliphatic rings.